The number of halogens is 1. The molecule has 0 amide bonds. The molecule has 2 unspecified atom stereocenters. The van der Waals surface area contributed by atoms with Crippen LogP contribution in [0.1, 0.15) is 39.5 Å². The predicted octanol–water partition coefficient (Wildman–Crippen LogP) is 4.68. The van der Waals surface area contributed by atoms with Crippen LogP contribution in [0.4, 0.5) is 4.39 Å². The molecule has 0 heterocycles. The number of ether oxygens (including phenoxy) is 3. The van der Waals surface area contributed by atoms with E-state index in [2.05, 4.69) is 0 Å². The van der Waals surface area contributed by atoms with Crippen molar-refractivity contribution < 1.29 is 28.2 Å². The van der Waals surface area contributed by atoms with Crippen LogP contribution in [0.3, 0.4) is 0 Å². The molecule has 0 saturated carbocycles. The minimum absolute atomic E-state index is 0.0301. The van der Waals surface area contributed by atoms with E-state index < -0.39 is 21.7 Å². The van der Waals surface area contributed by atoms with Crippen molar-refractivity contribution in [1.82, 2.24) is 0 Å². The van der Waals surface area contributed by atoms with Gasteiger partial charge in [0.15, 0.2) is 0 Å². The molecule has 3 rings (SSSR count). The number of methoxy groups -OCH3 is 1. The van der Waals surface area contributed by atoms with Gasteiger partial charge in [-0.25, -0.2) is 4.79 Å². The Morgan fingerprint density at radius 1 is 0.909 bits per heavy atom. The molecule has 33 heavy (non-hydrogen) atoms. The van der Waals surface area contributed by atoms with E-state index in [-0.39, 0.29) is 28.3 Å². The van der Waals surface area contributed by atoms with E-state index in [0.717, 1.165) is 12.0 Å². The van der Waals surface area contributed by atoms with Gasteiger partial charge in [-0.2, -0.15) is 0 Å². The van der Waals surface area contributed by atoms with Gasteiger partial charge >= 0.3 is 177 Å². The van der Waals surface area contributed by atoms with Gasteiger partial charge < -0.3 is 4.74 Å². The summed E-state index contributed by atoms with van der Waals surface area (Å²) in [7, 11) is 1.34. The van der Waals surface area contributed by atoms with Gasteiger partial charge in [0.05, 0.1) is 7.11 Å². The predicted molar refractivity (Wildman–Crippen MR) is 126 cm³/mol. The third-order valence-corrected chi connectivity index (χ3v) is 8.25. The Kier molecular flexibility index (Phi) is 9.08. The van der Waals surface area contributed by atoms with Crippen LogP contribution in [0.25, 0.3) is 0 Å². The Hall–Kier alpha value is -3.11. The van der Waals surface area contributed by atoms with Crippen molar-refractivity contribution in [3.63, 3.8) is 0 Å². The Morgan fingerprint density at radius 3 is 2.21 bits per heavy atom. The summed E-state index contributed by atoms with van der Waals surface area (Å²) in [4.78, 5) is 24.3. The summed E-state index contributed by atoms with van der Waals surface area (Å²) in [6.45, 7) is 2.15. The summed E-state index contributed by atoms with van der Waals surface area (Å²) in [6, 6.07) is 20.7. The van der Waals surface area contributed by atoms with Crippen molar-refractivity contribution in [2.24, 2.45) is 0 Å². The molecule has 0 aliphatic heterocycles. The van der Waals surface area contributed by atoms with Crippen LogP contribution in [-0.4, -0.2) is 40.0 Å². The Labute approximate surface area is 199 Å². The van der Waals surface area contributed by atoms with Crippen molar-refractivity contribution in [2.75, 3.05) is 13.7 Å². The first-order valence-corrected chi connectivity index (χ1v) is 12.8. The molecule has 0 bridgehead atoms. The number of hydrogen-bond donors (Lipinski definition) is 0. The Balaban J connectivity index is 1.51. The molecule has 0 radical (unpaired) electrons. The van der Waals surface area contributed by atoms with Gasteiger partial charge in [0.2, 0.25) is 0 Å². The third-order valence-electron chi connectivity index (χ3n) is 5.03. The van der Waals surface area contributed by atoms with Gasteiger partial charge in [0, 0.05) is 0 Å². The van der Waals surface area contributed by atoms with Crippen LogP contribution >= 0.6 is 0 Å². The number of carbonyl (C=O) groups is 2. The zero-order valence-electron chi connectivity index (χ0n) is 18.5. The van der Waals surface area contributed by atoms with Crippen molar-refractivity contribution in [1.29, 1.82) is 0 Å². The van der Waals surface area contributed by atoms with Crippen LogP contribution < -0.4 is 9.47 Å². The van der Waals surface area contributed by atoms with E-state index in [9.17, 15) is 14.0 Å². The van der Waals surface area contributed by atoms with Crippen LogP contribution in [0.5, 0.6) is 11.5 Å². The van der Waals surface area contributed by atoms with Crippen molar-refractivity contribution in [3.05, 3.63) is 95.3 Å². The maximum atomic E-state index is 14.1. The first-order valence-electron chi connectivity index (χ1n) is 10.6. The molecular weight excluding hydrogens is 486 g/mol. The standard InChI is InChI=1S/C26H26AsFO5/c1-3-23(22-10-6-7-11-24(22)28)27-25(29)17-33-20-14-12-19(13-15-20)32-16-18-8-4-5-9-21(18)26(30)31-2/h4-15,23,27H,3,16-17H2,1-2H3. The topological polar surface area (TPSA) is 61.8 Å². The Morgan fingerprint density at radius 2 is 1.55 bits per heavy atom. The molecule has 3 aromatic carbocycles. The molecule has 3 aromatic rings. The monoisotopic (exact) mass is 512 g/mol. The number of carbonyl (C=O) groups excluding carboxylic acids is 2. The van der Waals surface area contributed by atoms with Gasteiger partial charge in [-0.15, -0.1) is 0 Å². The SMILES string of the molecule is CCC([AsH]C(=O)COc1ccc(OCc2ccccc2C(=O)OC)cc1)c1ccccc1F. The zero-order chi connectivity index (χ0) is 23.6. The van der Waals surface area contributed by atoms with E-state index >= 15 is 0 Å². The van der Waals surface area contributed by atoms with Gasteiger partial charge in [0.1, 0.15) is 0 Å². The molecule has 2 atom stereocenters. The molecule has 0 aliphatic carbocycles. The second kappa shape index (κ2) is 12.2. The number of esters is 1. The first kappa shape index (κ1) is 24.5. The fraction of sp³-hybridized carbons (Fsp3) is 0.231. The molecule has 0 spiro atoms. The van der Waals surface area contributed by atoms with Crippen molar-refractivity contribution >= 4 is 26.3 Å². The van der Waals surface area contributed by atoms with Crippen LogP contribution in [0.2, 0.25) is 0 Å². The van der Waals surface area contributed by atoms with Gasteiger partial charge in [-0.1, -0.05) is 6.07 Å². The molecule has 0 aromatic heterocycles. The van der Waals surface area contributed by atoms with Crippen molar-refractivity contribution in [3.8, 4) is 11.5 Å². The van der Waals surface area contributed by atoms with Crippen LogP contribution in [0.15, 0.2) is 72.8 Å². The van der Waals surface area contributed by atoms with Gasteiger partial charge in [0.25, 0.3) is 0 Å². The van der Waals surface area contributed by atoms with E-state index in [1.807, 2.05) is 19.1 Å². The molecule has 0 fully saturated rings. The second-order valence-corrected chi connectivity index (χ2v) is 10.5. The molecule has 0 N–H and O–H groups in total. The molecule has 7 heteroatoms. The van der Waals surface area contributed by atoms with E-state index in [1.54, 1.807) is 54.6 Å². The summed E-state index contributed by atoms with van der Waals surface area (Å²) in [5.41, 5.74) is 1.80. The quantitative estimate of drug-likeness (QED) is 0.276. The van der Waals surface area contributed by atoms with Gasteiger partial charge in [-0.05, 0) is 0 Å². The van der Waals surface area contributed by atoms with Crippen LogP contribution in [0, 0.1) is 5.82 Å². The molecular formula is C26H26AsFO5. The Bertz CT molecular complexity index is 1080. The normalized spacial score (nSPS) is 11.8. The van der Waals surface area contributed by atoms with E-state index in [0.29, 0.717) is 22.6 Å². The summed E-state index contributed by atoms with van der Waals surface area (Å²) >= 11 is -1.07. The summed E-state index contributed by atoms with van der Waals surface area (Å²) in [5.74, 6) is 0.487. The number of rotatable bonds is 11. The zero-order valence-corrected chi connectivity index (χ0v) is 20.6. The van der Waals surface area contributed by atoms with E-state index in [1.165, 1.54) is 13.2 Å². The third kappa shape index (κ3) is 6.93. The van der Waals surface area contributed by atoms with Gasteiger partial charge in [-0.3, -0.25) is 0 Å². The molecule has 0 saturated heterocycles. The molecule has 5 nitrogen and oxygen atoms in total. The molecule has 172 valence electrons. The van der Waals surface area contributed by atoms with E-state index in [4.69, 9.17) is 14.2 Å². The average molecular weight is 512 g/mol. The summed E-state index contributed by atoms with van der Waals surface area (Å²) in [6.07, 6.45) is 0.720. The maximum absolute atomic E-state index is 14.1. The fourth-order valence-electron chi connectivity index (χ4n) is 3.29. The first-order chi connectivity index (χ1) is 16.0. The van der Waals surface area contributed by atoms with Crippen LogP contribution in [-0.2, 0) is 16.1 Å². The second-order valence-electron chi connectivity index (χ2n) is 7.25. The number of hydrogen-bond acceptors (Lipinski definition) is 5. The summed E-state index contributed by atoms with van der Waals surface area (Å²) in [5, 5.41) is 0. The number of benzene rings is 3. The summed E-state index contributed by atoms with van der Waals surface area (Å²) < 4.78 is 30.2. The minimum atomic E-state index is -1.07. The average Bonchev–Trinajstić information content (AvgIpc) is 2.85. The van der Waals surface area contributed by atoms with Crippen molar-refractivity contribution in [2.45, 2.75) is 24.7 Å². The fourth-order valence-corrected chi connectivity index (χ4v) is 5.68. The molecule has 0 aliphatic rings.